The average Bonchev–Trinajstić information content (AvgIpc) is 2.29. The van der Waals surface area contributed by atoms with Crippen molar-refractivity contribution < 1.29 is 24.2 Å². The van der Waals surface area contributed by atoms with Crippen molar-refractivity contribution in [1.29, 1.82) is 0 Å². The average molecular weight is 236 g/mol. The molecule has 1 aliphatic rings. The van der Waals surface area contributed by atoms with E-state index in [1.165, 1.54) is 18.3 Å². The molecular formula is C10H8N2O5. The van der Waals surface area contributed by atoms with E-state index in [0.29, 0.717) is 0 Å². The molecule has 0 aromatic carbocycles. The predicted molar refractivity (Wildman–Crippen MR) is 54.5 cm³/mol. The molecule has 7 nitrogen and oxygen atoms in total. The van der Waals surface area contributed by atoms with Gasteiger partial charge in [-0.1, -0.05) is 0 Å². The van der Waals surface area contributed by atoms with Crippen LogP contribution in [0.15, 0.2) is 18.3 Å². The second kappa shape index (κ2) is 4.30. The van der Waals surface area contributed by atoms with Crippen molar-refractivity contribution in [2.45, 2.75) is 0 Å². The molecule has 0 unspecified atom stereocenters. The SMILES string of the molecule is O=C(O)c1ccnc(N2C(=O)COCC2=O)c1. The Labute approximate surface area is 95.6 Å². The zero-order chi connectivity index (χ0) is 12.4. The van der Waals surface area contributed by atoms with Gasteiger partial charge in [0.1, 0.15) is 19.0 Å². The molecule has 2 amide bonds. The molecule has 0 spiro atoms. The van der Waals surface area contributed by atoms with E-state index in [1.54, 1.807) is 0 Å². The number of aromatic nitrogens is 1. The van der Waals surface area contributed by atoms with Crippen LogP contribution in [-0.2, 0) is 14.3 Å². The first-order valence-electron chi connectivity index (χ1n) is 4.72. The molecule has 2 rings (SSSR count). The number of aromatic carboxylic acids is 1. The van der Waals surface area contributed by atoms with E-state index in [1.807, 2.05) is 0 Å². The third kappa shape index (κ3) is 2.13. The van der Waals surface area contributed by atoms with E-state index in [4.69, 9.17) is 9.84 Å². The Morgan fingerprint density at radius 1 is 1.35 bits per heavy atom. The number of pyridine rings is 1. The highest BCUT2D eigenvalue weighted by atomic mass is 16.5. The molecule has 0 saturated carbocycles. The van der Waals surface area contributed by atoms with Crippen molar-refractivity contribution in [2.75, 3.05) is 18.1 Å². The summed E-state index contributed by atoms with van der Waals surface area (Å²) >= 11 is 0. The fourth-order valence-corrected chi connectivity index (χ4v) is 1.42. The first-order valence-corrected chi connectivity index (χ1v) is 4.72. The lowest BCUT2D eigenvalue weighted by Gasteiger charge is -2.23. The quantitative estimate of drug-likeness (QED) is 0.706. The minimum atomic E-state index is -1.15. The van der Waals surface area contributed by atoms with Gasteiger partial charge in [0.15, 0.2) is 0 Å². The molecule has 0 radical (unpaired) electrons. The monoisotopic (exact) mass is 236 g/mol. The van der Waals surface area contributed by atoms with Crippen molar-refractivity contribution in [3.63, 3.8) is 0 Å². The number of anilines is 1. The molecular weight excluding hydrogens is 228 g/mol. The molecule has 1 aromatic heterocycles. The lowest BCUT2D eigenvalue weighted by atomic mass is 10.2. The third-order valence-electron chi connectivity index (χ3n) is 2.17. The molecule has 1 aromatic rings. The van der Waals surface area contributed by atoms with E-state index in [-0.39, 0.29) is 24.6 Å². The number of ether oxygens (including phenoxy) is 1. The van der Waals surface area contributed by atoms with Crippen LogP contribution in [0.5, 0.6) is 0 Å². The lowest BCUT2D eigenvalue weighted by molar-refractivity contribution is -0.138. The van der Waals surface area contributed by atoms with Crippen molar-refractivity contribution in [2.24, 2.45) is 0 Å². The Balaban J connectivity index is 2.38. The van der Waals surface area contributed by atoms with E-state index < -0.39 is 17.8 Å². The Bertz CT molecular complexity index is 483. The first-order chi connectivity index (χ1) is 8.09. The zero-order valence-electron chi connectivity index (χ0n) is 8.62. The lowest BCUT2D eigenvalue weighted by Crippen LogP contribution is -2.46. The summed E-state index contributed by atoms with van der Waals surface area (Å²) in [5.41, 5.74) is -0.0397. The topological polar surface area (TPSA) is 96.8 Å². The number of amides is 2. The van der Waals surface area contributed by atoms with E-state index in [9.17, 15) is 14.4 Å². The van der Waals surface area contributed by atoms with Gasteiger partial charge in [-0.25, -0.2) is 14.7 Å². The summed E-state index contributed by atoms with van der Waals surface area (Å²) in [6.45, 7) is -0.435. The summed E-state index contributed by atoms with van der Waals surface area (Å²) in [5.74, 6) is -2.27. The summed E-state index contributed by atoms with van der Waals surface area (Å²) < 4.78 is 4.74. The number of hydrogen-bond donors (Lipinski definition) is 1. The Morgan fingerprint density at radius 2 is 2.00 bits per heavy atom. The number of rotatable bonds is 2. The second-order valence-corrected chi connectivity index (χ2v) is 3.32. The van der Waals surface area contributed by atoms with Crippen LogP contribution in [-0.4, -0.2) is 41.1 Å². The normalized spacial score (nSPS) is 16.1. The van der Waals surface area contributed by atoms with Crippen LogP contribution in [0.1, 0.15) is 10.4 Å². The molecule has 1 aliphatic heterocycles. The standard InChI is InChI=1S/C10H8N2O5/c13-8-4-17-5-9(14)12(8)7-3-6(10(15)16)1-2-11-7/h1-3H,4-5H2,(H,15,16). The second-order valence-electron chi connectivity index (χ2n) is 3.32. The predicted octanol–water partition coefficient (Wildman–Crippen LogP) is -0.330. The minimum absolute atomic E-state index is 0.00296. The summed E-state index contributed by atoms with van der Waals surface area (Å²) in [4.78, 5) is 38.4. The van der Waals surface area contributed by atoms with Gasteiger partial charge >= 0.3 is 5.97 Å². The van der Waals surface area contributed by atoms with Gasteiger partial charge in [-0.05, 0) is 12.1 Å². The number of carbonyl (C=O) groups excluding carboxylic acids is 2. The number of carboxylic acid groups (broad SMARTS) is 1. The van der Waals surface area contributed by atoms with Gasteiger partial charge in [0.2, 0.25) is 0 Å². The van der Waals surface area contributed by atoms with Gasteiger partial charge in [-0.3, -0.25) is 9.59 Å². The molecule has 2 heterocycles. The highest BCUT2D eigenvalue weighted by Gasteiger charge is 2.29. The highest BCUT2D eigenvalue weighted by Crippen LogP contribution is 2.15. The van der Waals surface area contributed by atoms with E-state index >= 15 is 0 Å². The minimum Gasteiger partial charge on any atom is -0.478 e. The maximum atomic E-state index is 11.5. The number of morpholine rings is 1. The summed E-state index contributed by atoms with van der Waals surface area (Å²) in [5, 5.41) is 8.80. The smallest absolute Gasteiger partial charge is 0.335 e. The number of carbonyl (C=O) groups is 3. The molecule has 0 aliphatic carbocycles. The van der Waals surface area contributed by atoms with Crippen LogP contribution in [0.2, 0.25) is 0 Å². The molecule has 17 heavy (non-hydrogen) atoms. The fourth-order valence-electron chi connectivity index (χ4n) is 1.42. The summed E-state index contributed by atoms with van der Waals surface area (Å²) in [7, 11) is 0. The van der Waals surface area contributed by atoms with Gasteiger partial charge < -0.3 is 9.84 Å². The molecule has 0 bridgehead atoms. The van der Waals surface area contributed by atoms with Gasteiger partial charge in [0, 0.05) is 6.20 Å². The van der Waals surface area contributed by atoms with Crippen molar-refractivity contribution >= 4 is 23.6 Å². The molecule has 7 heteroatoms. The summed E-state index contributed by atoms with van der Waals surface area (Å²) in [6.07, 6.45) is 1.23. The number of hydrogen-bond acceptors (Lipinski definition) is 5. The van der Waals surface area contributed by atoms with Crippen LogP contribution in [0.25, 0.3) is 0 Å². The largest absolute Gasteiger partial charge is 0.478 e. The van der Waals surface area contributed by atoms with Gasteiger partial charge in [-0.2, -0.15) is 0 Å². The molecule has 1 fully saturated rings. The Kier molecular flexibility index (Phi) is 2.84. The van der Waals surface area contributed by atoms with E-state index in [0.717, 1.165) is 4.90 Å². The van der Waals surface area contributed by atoms with Crippen LogP contribution < -0.4 is 4.90 Å². The van der Waals surface area contributed by atoms with Crippen LogP contribution in [0, 0.1) is 0 Å². The first kappa shape index (κ1) is 11.2. The fraction of sp³-hybridized carbons (Fsp3) is 0.200. The van der Waals surface area contributed by atoms with Gasteiger partial charge in [-0.15, -0.1) is 0 Å². The van der Waals surface area contributed by atoms with Gasteiger partial charge in [0.25, 0.3) is 11.8 Å². The zero-order valence-corrected chi connectivity index (χ0v) is 8.62. The van der Waals surface area contributed by atoms with Crippen LogP contribution in [0.3, 0.4) is 0 Å². The maximum absolute atomic E-state index is 11.5. The molecule has 1 saturated heterocycles. The highest BCUT2D eigenvalue weighted by molar-refractivity contribution is 6.16. The molecule has 0 atom stereocenters. The number of carboxylic acids is 1. The van der Waals surface area contributed by atoms with Crippen molar-refractivity contribution in [1.82, 2.24) is 4.98 Å². The van der Waals surface area contributed by atoms with Crippen molar-refractivity contribution in [3.05, 3.63) is 23.9 Å². The number of imide groups is 1. The third-order valence-corrected chi connectivity index (χ3v) is 2.17. The van der Waals surface area contributed by atoms with Crippen LogP contribution >= 0.6 is 0 Å². The molecule has 88 valence electrons. The number of nitrogens with zero attached hydrogens (tertiary/aromatic N) is 2. The Hall–Kier alpha value is -2.28. The Morgan fingerprint density at radius 3 is 2.59 bits per heavy atom. The molecule has 1 N–H and O–H groups in total. The van der Waals surface area contributed by atoms with Crippen molar-refractivity contribution in [3.8, 4) is 0 Å². The van der Waals surface area contributed by atoms with Crippen LogP contribution in [0.4, 0.5) is 5.82 Å². The summed E-state index contributed by atoms with van der Waals surface area (Å²) in [6, 6.07) is 2.45. The maximum Gasteiger partial charge on any atom is 0.335 e. The van der Waals surface area contributed by atoms with E-state index in [2.05, 4.69) is 4.98 Å². The van der Waals surface area contributed by atoms with Gasteiger partial charge in [0.05, 0.1) is 5.56 Å².